The summed E-state index contributed by atoms with van der Waals surface area (Å²) in [6.45, 7) is 4.52. The van der Waals surface area contributed by atoms with E-state index < -0.39 is 12.1 Å². The number of hydrogen-bond acceptors (Lipinski definition) is 7. The highest BCUT2D eigenvalue weighted by atomic mass is 16.5. The molecule has 60 heavy (non-hydrogen) atoms. The third kappa shape index (κ3) is 8.14. The van der Waals surface area contributed by atoms with Gasteiger partial charge in [-0.05, 0) is 79.4 Å². The smallest absolute Gasteiger partial charge is 0.303 e. The van der Waals surface area contributed by atoms with Crippen LogP contribution < -0.4 is 0 Å². The van der Waals surface area contributed by atoms with E-state index in [0.717, 1.165) is 103 Å². The molecular weight excluding hydrogens is 751 g/mol. The fraction of sp³-hybridized carbons (Fsp3) is 0.327. The van der Waals surface area contributed by atoms with Gasteiger partial charge in [-0.1, -0.05) is 116 Å². The number of rotatable bonds is 11. The molecule has 3 aliphatic heterocycles. The molecular formula is C49H51N7O4. The van der Waals surface area contributed by atoms with Gasteiger partial charge >= 0.3 is 5.97 Å². The summed E-state index contributed by atoms with van der Waals surface area (Å²) >= 11 is 0. The number of benzene rings is 4. The standard InChI is InChI=1S/C49H51N7O4/c1-33(57)60-45(39-15-7-3-8-16-39)49(59)56-30-12-18-43(56)47-51-32-41(53-47)37-25-21-35(22-26-37)34-19-23-36(24-20-34)40-31-50-46(52-40)42-17-11-29-55(42)48(58)44(38-13-5-2-6-14-38)54-27-9-4-10-28-54/h2-3,5-8,13-16,19-26,31-32,42-45H,4,9-12,17-18,27-30H2,1H3,(H,50,52)(H,51,53)/t42-,43-,44+,45?/m0/s1. The van der Waals surface area contributed by atoms with E-state index in [9.17, 15) is 14.4 Å². The number of imidazole rings is 2. The molecule has 9 rings (SSSR count). The van der Waals surface area contributed by atoms with Crippen molar-refractivity contribution in [3.63, 3.8) is 0 Å². The Balaban J connectivity index is 0.861. The highest BCUT2D eigenvalue weighted by molar-refractivity contribution is 5.86. The van der Waals surface area contributed by atoms with Crippen LogP contribution in [0, 0.1) is 0 Å². The number of H-pyrrole nitrogens is 2. The van der Waals surface area contributed by atoms with Gasteiger partial charge in [-0.15, -0.1) is 0 Å². The second-order valence-electron chi connectivity index (χ2n) is 16.2. The zero-order chi connectivity index (χ0) is 41.0. The van der Waals surface area contributed by atoms with E-state index in [1.165, 1.54) is 13.3 Å². The normalized spacial score (nSPS) is 19.3. The van der Waals surface area contributed by atoms with Gasteiger partial charge < -0.3 is 24.5 Å². The van der Waals surface area contributed by atoms with Gasteiger partial charge in [0.05, 0.1) is 35.9 Å². The third-order valence-electron chi connectivity index (χ3n) is 12.3. The van der Waals surface area contributed by atoms with Crippen molar-refractivity contribution in [1.29, 1.82) is 0 Å². The predicted octanol–water partition coefficient (Wildman–Crippen LogP) is 8.99. The molecule has 2 N–H and O–H groups in total. The molecule has 6 aromatic rings. The number of carbonyl (C=O) groups excluding carboxylic acids is 3. The number of aromatic amines is 2. The van der Waals surface area contributed by atoms with Crippen LogP contribution in [0.3, 0.4) is 0 Å². The number of hydrogen-bond donors (Lipinski definition) is 2. The highest BCUT2D eigenvalue weighted by Crippen LogP contribution is 2.38. The monoisotopic (exact) mass is 801 g/mol. The van der Waals surface area contributed by atoms with Crippen LogP contribution in [-0.2, 0) is 19.1 Å². The van der Waals surface area contributed by atoms with E-state index >= 15 is 0 Å². The van der Waals surface area contributed by atoms with Crippen LogP contribution >= 0.6 is 0 Å². The molecule has 4 aromatic carbocycles. The predicted molar refractivity (Wildman–Crippen MR) is 230 cm³/mol. The van der Waals surface area contributed by atoms with Crippen molar-refractivity contribution in [2.75, 3.05) is 26.2 Å². The van der Waals surface area contributed by atoms with E-state index in [-0.39, 0.29) is 29.9 Å². The maximum absolute atomic E-state index is 14.4. The van der Waals surface area contributed by atoms with Crippen molar-refractivity contribution < 1.29 is 19.1 Å². The first-order chi connectivity index (χ1) is 29.4. The van der Waals surface area contributed by atoms with Crippen LogP contribution in [0.15, 0.2) is 122 Å². The van der Waals surface area contributed by atoms with Crippen LogP contribution in [-0.4, -0.2) is 78.6 Å². The maximum Gasteiger partial charge on any atom is 0.303 e. The number of piperidine rings is 1. The Morgan fingerprint density at radius 1 is 0.567 bits per heavy atom. The average Bonchev–Trinajstić information content (AvgIpc) is 4.14. The Morgan fingerprint density at radius 3 is 1.53 bits per heavy atom. The zero-order valence-electron chi connectivity index (χ0n) is 34.0. The molecule has 306 valence electrons. The SMILES string of the molecule is CC(=O)OC(C(=O)N1CCC[C@H]1c1ncc(-c2ccc(-c3ccc(-c4cnc([C@@H]5CCCN5C(=O)[C@@H](c5ccccc5)N5CCCCC5)[nH]4)cc3)cc2)[nH]1)c1ccccc1. The second kappa shape index (κ2) is 17.5. The van der Waals surface area contributed by atoms with Gasteiger partial charge in [0.25, 0.3) is 5.91 Å². The van der Waals surface area contributed by atoms with Crippen molar-refractivity contribution in [2.45, 2.75) is 76.1 Å². The lowest BCUT2D eigenvalue weighted by Crippen LogP contribution is -2.44. The average molecular weight is 802 g/mol. The molecule has 11 heteroatoms. The van der Waals surface area contributed by atoms with E-state index in [0.29, 0.717) is 17.9 Å². The van der Waals surface area contributed by atoms with Crippen LogP contribution in [0.4, 0.5) is 0 Å². The van der Waals surface area contributed by atoms with Gasteiger partial charge in [0.15, 0.2) is 0 Å². The van der Waals surface area contributed by atoms with Crippen LogP contribution in [0.1, 0.15) is 98.9 Å². The molecule has 4 atom stereocenters. The van der Waals surface area contributed by atoms with Crippen molar-refractivity contribution in [2.24, 2.45) is 0 Å². The molecule has 5 heterocycles. The number of amides is 2. The largest absolute Gasteiger partial charge is 0.447 e. The maximum atomic E-state index is 14.4. The topological polar surface area (TPSA) is 128 Å². The Hall–Kier alpha value is -6.33. The molecule has 0 bridgehead atoms. The molecule has 0 spiro atoms. The van der Waals surface area contributed by atoms with Crippen LogP contribution in [0.25, 0.3) is 33.6 Å². The summed E-state index contributed by atoms with van der Waals surface area (Å²) in [5.74, 6) is 0.991. The molecule has 3 aliphatic rings. The van der Waals surface area contributed by atoms with Gasteiger partial charge in [-0.3, -0.25) is 19.3 Å². The molecule has 0 aliphatic carbocycles. The quantitative estimate of drug-likeness (QED) is 0.125. The van der Waals surface area contributed by atoms with E-state index in [1.54, 1.807) is 17.0 Å². The Bertz CT molecular complexity index is 2410. The molecule has 3 saturated heterocycles. The molecule has 0 saturated carbocycles. The van der Waals surface area contributed by atoms with Crippen molar-refractivity contribution >= 4 is 17.8 Å². The van der Waals surface area contributed by atoms with E-state index in [4.69, 9.17) is 14.7 Å². The lowest BCUT2D eigenvalue weighted by Gasteiger charge is -2.37. The van der Waals surface area contributed by atoms with Crippen LogP contribution in [0.2, 0.25) is 0 Å². The zero-order valence-corrected chi connectivity index (χ0v) is 34.0. The summed E-state index contributed by atoms with van der Waals surface area (Å²) in [6.07, 6.45) is 9.62. The van der Waals surface area contributed by atoms with Crippen molar-refractivity contribution in [3.05, 3.63) is 144 Å². The number of ether oxygens (including phenoxy) is 1. The first-order valence-corrected chi connectivity index (χ1v) is 21.3. The van der Waals surface area contributed by atoms with E-state index in [1.807, 2.05) is 48.8 Å². The molecule has 2 aromatic heterocycles. The fourth-order valence-corrected chi connectivity index (χ4v) is 9.30. The minimum Gasteiger partial charge on any atom is -0.447 e. The van der Waals surface area contributed by atoms with Crippen molar-refractivity contribution in [1.82, 2.24) is 34.6 Å². The molecule has 2 amide bonds. The van der Waals surface area contributed by atoms with Gasteiger partial charge in [0.2, 0.25) is 12.0 Å². The Morgan fingerprint density at radius 2 is 1.03 bits per heavy atom. The first-order valence-electron chi connectivity index (χ1n) is 21.3. The van der Waals surface area contributed by atoms with Gasteiger partial charge in [0, 0.05) is 25.6 Å². The minimum atomic E-state index is -1.000. The number of nitrogens with zero attached hydrogens (tertiary/aromatic N) is 5. The lowest BCUT2D eigenvalue weighted by atomic mass is 10.00. The molecule has 11 nitrogen and oxygen atoms in total. The number of nitrogens with one attached hydrogen (secondary N) is 2. The van der Waals surface area contributed by atoms with Gasteiger partial charge in [-0.2, -0.15) is 0 Å². The Kier molecular flexibility index (Phi) is 11.4. The second-order valence-corrected chi connectivity index (χ2v) is 16.2. The summed E-state index contributed by atoms with van der Waals surface area (Å²) in [5, 5.41) is 0. The molecule has 0 radical (unpaired) electrons. The first kappa shape index (κ1) is 39.1. The fourth-order valence-electron chi connectivity index (χ4n) is 9.30. The van der Waals surface area contributed by atoms with Gasteiger partial charge in [-0.25, -0.2) is 9.97 Å². The highest BCUT2D eigenvalue weighted by Gasteiger charge is 2.40. The van der Waals surface area contributed by atoms with E-state index in [2.05, 4.69) is 80.4 Å². The van der Waals surface area contributed by atoms with Gasteiger partial charge in [0.1, 0.15) is 17.7 Å². The summed E-state index contributed by atoms with van der Waals surface area (Å²) in [7, 11) is 0. The third-order valence-corrected chi connectivity index (χ3v) is 12.3. The number of aromatic nitrogens is 4. The Labute approximate surface area is 350 Å². The lowest BCUT2D eigenvalue weighted by molar-refractivity contribution is -0.159. The summed E-state index contributed by atoms with van der Waals surface area (Å²) in [5.41, 5.74) is 7.71. The summed E-state index contributed by atoms with van der Waals surface area (Å²) in [4.78, 5) is 63.0. The number of likely N-dealkylation sites (tertiary alicyclic amines) is 3. The number of esters is 1. The van der Waals surface area contributed by atoms with Crippen molar-refractivity contribution in [3.8, 4) is 33.6 Å². The minimum absolute atomic E-state index is 0.0788. The van der Waals surface area contributed by atoms with Crippen LogP contribution in [0.5, 0.6) is 0 Å². The number of carbonyl (C=O) groups is 3. The summed E-state index contributed by atoms with van der Waals surface area (Å²) < 4.78 is 5.53. The molecule has 1 unspecified atom stereocenters. The molecule has 3 fully saturated rings. The summed E-state index contributed by atoms with van der Waals surface area (Å²) in [6, 6.07) is 35.7.